The molecule has 2 rings (SSSR count). The van der Waals surface area contributed by atoms with E-state index in [0.29, 0.717) is 12.8 Å². The standard InChI is InChI=1S/C32H60N2O4/c1-29(2)21-25(22-30(3,4)33(29)9)37-27(35)19-17-15-13-11-12-14-16-18-20-28(36)38-26-23-31(5,6)34(10)32(7,8)24-26/h25-26H,11-24H2,1-10H3. The summed E-state index contributed by atoms with van der Waals surface area (Å²) in [5, 5.41) is 0. The maximum atomic E-state index is 12.4. The van der Waals surface area contributed by atoms with Gasteiger partial charge in [-0.15, -0.1) is 0 Å². The van der Waals surface area contributed by atoms with Crippen LogP contribution in [0, 0.1) is 0 Å². The fourth-order valence-electron chi connectivity index (χ4n) is 6.82. The Kier molecular flexibility index (Phi) is 11.7. The van der Waals surface area contributed by atoms with Gasteiger partial charge in [0.1, 0.15) is 12.2 Å². The number of hydrogen-bond acceptors (Lipinski definition) is 6. The monoisotopic (exact) mass is 536 g/mol. The highest BCUT2D eigenvalue weighted by molar-refractivity contribution is 5.69. The third-order valence-electron chi connectivity index (χ3n) is 9.65. The minimum atomic E-state index is -0.0367. The predicted octanol–water partition coefficient (Wildman–Crippen LogP) is 7.28. The summed E-state index contributed by atoms with van der Waals surface area (Å²) in [6, 6.07) is 0. The summed E-state index contributed by atoms with van der Waals surface area (Å²) in [5.74, 6) is -0.0733. The van der Waals surface area contributed by atoms with Crippen LogP contribution in [0.2, 0.25) is 0 Å². The molecule has 0 saturated carbocycles. The average molecular weight is 537 g/mol. The summed E-state index contributed by atoms with van der Waals surface area (Å²) < 4.78 is 11.7. The van der Waals surface area contributed by atoms with Crippen molar-refractivity contribution in [3.8, 4) is 0 Å². The second-order valence-corrected chi connectivity index (χ2v) is 14.7. The second kappa shape index (κ2) is 13.5. The van der Waals surface area contributed by atoms with E-state index in [4.69, 9.17) is 9.47 Å². The number of piperidine rings is 2. The van der Waals surface area contributed by atoms with E-state index in [1.807, 2.05) is 0 Å². The first-order valence-electron chi connectivity index (χ1n) is 15.3. The molecule has 0 aromatic rings. The molecule has 2 aliphatic rings. The SMILES string of the molecule is CN1C(C)(C)CC(OC(=O)CCCCCCCCCCC(=O)OC2CC(C)(C)N(C)C(C)(C)C2)CC1(C)C. The summed E-state index contributed by atoms with van der Waals surface area (Å²) in [6.45, 7) is 17.9. The Balaban J connectivity index is 1.48. The molecule has 6 heteroatoms. The Morgan fingerprint density at radius 3 is 1.03 bits per heavy atom. The van der Waals surface area contributed by atoms with Crippen molar-refractivity contribution < 1.29 is 19.1 Å². The first kappa shape index (κ1) is 33.1. The molecule has 2 aliphatic heterocycles. The zero-order valence-electron chi connectivity index (χ0n) is 26.6. The summed E-state index contributed by atoms with van der Waals surface area (Å²) in [6.07, 6.45) is 13.3. The summed E-state index contributed by atoms with van der Waals surface area (Å²) >= 11 is 0. The van der Waals surface area contributed by atoms with Gasteiger partial charge in [-0.05, 0) is 82.3 Å². The van der Waals surface area contributed by atoms with Crippen LogP contribution in [-0.4, -0.2) is 70.2 Å². The number of carbonyl (C=O) groups is 2. The zero-order chi connectivity index (χ0) is 28.8. The van der Waals surface area contributed by atoms with E-state index < -0.39 is 0 Å². The molecule has 0 spiro atoms. The van der Waals surface area contributed by atoms with Gasteiger partial charge in [0.05, 0.1) is 0 Å². The molecule has 0 aromatic carbocycles. The van der Waals surface area contributed by atoms with Crippen LogP contribution in [0.4, 0.5) is 0 Å². The molecule has 2 heterocycles. The highest BCUT2D eigenvalue weighted by Crippen LogP contribution is 2.39. The van der Waals surface area contributed by atoms with E-state index in [1.165, 1.54) is 12.8 Å². The normalized spacial score (nSPS) is 23.7. The number of esters is 2. The van der Waals surface area contributed by atoms with Crippen LogP contribution in [0.5, 0.6) is 0 Å². The van der Waals surface area contributed by atoms with Gasteiger partial charge in [-0.3, -0.25) is 19.4 Å². The second-order valence-electron chi connectivity index (χ2n) is 14.7. The molecule has 2 fully saturated rings. The van der Waals surface area contributed by atoms with Gasteiger partial charge in [0.2, 0.25) is 0 Å². The lowest BCUT2D eigenvalue weighted by molar-refractivity contribution is -0.160. The van der Waals surface area contributed by atoms with Crippen LogP contribution in [0.25, 0.3) is 0 Å². The Labute approximate surface area is 234 Å². The van der Waals surface area contributed by atoms with Crippen LogP contribution in [-0.2, 0) is 19.1 Å². The van der Waals surface area contributed by atoms with Crippen molar-refractivity contribution in [3.63, 3.8) is 0 Å². The van der Waals surface area contributed by atoms with Gasteiger partial charge in [-0.25, -0.2) is 0 Å². The Morgan fingerprint density at radius 2 is 0.763 bits per heavy atom. The number of nitrogens with zero attached hydrogens (tertiary/aromatic N) is 2. The van der Waals surface area contributed by atoms with Crippen molar-refractivity contribution in [2.75, 3.05) is 14.1 Å². The highest BCUT2D eigenvalue weighted by Gasteiger charge is 2.45. The van der Waals surface area contributed by atoms with Crippen molar-refractivity contribution in [2.45, 2.75) is 180 Å². The smallest absolute Gasteiger partial charge is 0.306 e. The van der Waals surface area contributed by atoms with Crippen molar-refractivity contribution in [3.05, 3.63) is 0 Å². The third kappa shape index (κ3) is 9.80. The minimum absolute atomic E-state index is 0.0176. The lowest BCUT2D eigenvalue weighted by Gasteiger charge is -2.53. The van der Waals surface area contributed by atoms with Gasteiger partial charge in [-0.1, -0.05) is 38.5 Å². The summed E-state index contributed by atoms with van der Waals surface area (Å²) in [7, 11) is 4.34. The topological polar surface area (TPSA) is 59.1 Å². The lowest BCUT2D eigenvalue weighted by Crippen LogP contribution is -2.60. The van der Waals surface area contributed by atoms with Crippen LogP contribution in [0.3, 0.4) is 0 Å². The van der Waals surface area contributed by atoms with Crippen LogP contribution in [0.1, 0.15) is 145 Å². The van der Waals surface area contributed by atoms with E-state index in [-0.39, 0.29) is 46.3 Å². The average Bonchev–Trinajstić information content (AvgIpc) is 2.76. The summed E-state index contributed by atoms with van der Waals surface area (Å²) in [5.41, 5.74) is 0.143. The van der Waals surface area contributed by atoms with E-state index in [1.54, 1.807) is 0 Å². The molecule has 222 valence electrons. The Bertz CT molecular complexity index is 673. The van der Waals surface area contributed by atoms with E-state index in [9.17, 15) is 9.59 Å². The number of hydrogen-bond donors (Lipinski definition) is 0. The molecule has 0 unspecified atom stereocenters. The quantitative estimate of drug-likeness (QED) is 0.182. The van der Waals surface area contributed by atoms with Gasteiger partial charge in [0, 0.05) is 60.7 Å². The molecule has 0 amide bonds. The van der Waals surface area contributed by atoms with Gasteiger partial charge in [-0.2, -0.15) is 0 Å². The van der Waals surface area contributed by atoms with Crippen molar-refractivity contribution in [1.29, 1.82) is 0 Å². The molecule has 0 aliphatic carbocycles. The van der Waals surface area contributed by atoms with E-state index >= 15 is 0 Å². The van der Waals surface area contributed by atoms with Gasteiger partial charge in [0.15, 0.2) is 0 Å². The minimum Gasteiger partial charge on any atom is -0.462 e. The van der Waals surface area contributed by atoms with Gasteiger partial charge < -0.3 is 9.47 Å². The number of rotatable bonds is 13. The maximum Gasteiger partial charge on any atom is 0.306 e. The maximum absolute atomic E-state index is 12.4. The third-order valence-corrected chi connectivity index (χ3v) is 9.65. The molecule has 2 saturated heterocycles. The molecular formula is C32H60N2O4. The summed E-state index contributed by atoms with van der Waals surface area (Å²) in [4.78, 5) is 29.6. The van der Waals surface area contributed by atoms with Crippen LogP contribution in [0.15, 0.2) is 0 Å². The first-order valence-corrected chi connectivity index (χ1v) is 15.3. The first-order chi connectivity index (χ1) is 17.5. The Morgan fingerprint density at radius 1 is 0.526 bits per heavy atom. The molecule has 0 aromatic heterocycles. The van der Waals surface area contributed by atoms with Crippen molar-refractivity contribution in [1.82, 2.24) is 9.80 Å². The fourth-order valence-corrected chi connectivity index (χ4v) is 6.82. The molecular weight excluding hydrogens is 476 g/mol. The number of carbonyl (C=O) groups excluding carboxylic acids is 2. The highest BCUT2D eigenvalue weighted by atomic mass is 16.5. The molecule has 0 N–H and O–H groups in total. The number of likely N-dealkylation sites (tertiary alicyclic amines) is 2. The van der Waals surface area contributed by atoms with E-state index in [2.05, 4.69) is 79.3 Å². The molecule has 38 heavy (non-hydrogen) atoms. The van der Waals surface area contributed by atoms with Crippen molar-refractivity contribution in [2.24, 2.45) is 0 Å². The fraction of sp³-hybridized carbons (Fsp3) is 0.938. The van der Waals surface area contributed by atoms with Crippen molar-refractivity contribution >= 4 is 11.9 Å². The number of unbranched alkanes of at least 4 members (excludes halogenated alkanes) is 7. The van der Waals surface area contributed by atoms with Gasteiger partial charge >= 0.3 is 11.9 Å². The Hall–Kier alpha value is -1.14. The van der Waals surface area contributed by atoms with Gasteiger partial charge in [0.25, 0.3) is 0 Å². The number of ether oxygens (including phenoxy) is 2. The predicted molar refractivity (Wildman–Crippen MR) is 156 cm³/mol. The lowest BCUT2D eigenvalue weighted by atomic mass is 9.78. The molecule has 6 nitrogen and oxygen atoms in total. The van der Waals surface area contributed by atoms with E-state index in [0.717, 1.165) is 64.2 Å². The van der Waals surface area contributed by atoms with Crippen LogP contribution < -0.4 is 0 Å². The molecule has 0 atom stereocenters. The molecule has 0 radical (unpaired) electrons. The van der Waals surface area contributed by atoms with Crippen LogP contribution >= 0.6 is 0 Å². The molecule has 0 bridgehead atoms. The largest absolute Gasteiger partial charge is 0.462 e. The zero-order valence-corrected chi connectivity index (χ0v) is 26.6.